The number of hydrogen-bond donors (Lipinski definition) is 1. The molecule has 0 radical (unpaired) electrons. The van der Waals surface area contributed by atoms with Gasteiger partial charge in [-0.1, -0.05) is 47.5 Å². The molecule has 0 unspecified atom stereocenters. The van der Waals surface area contributed by atoms with E-state index in [1.807, 2.05) is 19.1 Å². The first-order valence-electron chi connectivity index (χ1n) is 6.23. The standard InChI is InChI=1S/C15H16Cl2N2O/c1-10-6-13(16)19-15(17)14(10)18-8-11-4-3-5-12(7-11)9-20-2/h3-7,18H,8-9H2,1-2H3. The highest BCUT2D eigenvalue weighted by atomic mass is 35.5. The Morgan fingerprint density at radius 1 is 1.20 bits per heavy atom. The van der Waals surface area contributed by atoms with E-state index in [9.17, 15) is 0 Å². The number of ether oxygens (including phenoxy) is 1. The van der Waals surface area contributed by atoms with Crippen LogP contribution in [-0.4, -0.2) is 12.1 Å². The van der Waals surface area contributed by atoms with Gasteiger partial charge in [-0.25, -0.2) is 4.98 Å². The lowest BCUT2D eigenvalue weighted by molar-refractivity contribution is 0.185. The van der Waals surface area contributed by atoms with E-state index in [1.54, 1.807) is 13.2 Å². The first-order chi connectivity index (χ1) is 9.60. The zero-order valence-corrected chi connectivity index (χ0v) is 12.9. The summed E-state index contributed by atoms with van der Waals surface area (Å²) in [5.74, 6) is 0. The van der Waals surface area contributed by atoms with E-state index in [2.05, 4.69) is 22.4 Å². The van der Waals surface area contributed by atoms with Gasteiger partial charge in [0.25, 0.3) is 0 Å². The molecule has 0 bridgehead atoms. The average molecular weight is 311 g/mol. The van der Waals surface area contributed by atoms with Crippen molar-refractivity contribution in [2.75, 3.05) is 12.4 Å². The SMILES string of the molecule is COCc1cccc(CNc2c(C)cc(Cl)nc2Cl)c1. The molecular weight excluding hydrogens is 295 g/mol. The van der Waals surface area contributed by atoms with Gasteiger partial charge in [0.15, 0.2) is 5.15 Å². The van der Waals surface area contributed by atoms with E-state index in [0.29, 0.717) is 23.5 Å². The number of methoxy groups -OCH3 is 1. The molecule has 1 heterocycles. The van der Waals surface area contributed by atoms with Crippen LogP contribution in [0, 0.1) is 6.92 Å². The van der Waals surface area contributed by atoms with Gasteiger partial charge in [0.05, 0.1) is 12.3 Å². The molecule has 0 fully saturated rings. The highest BCUT2D eigenvalue weighted by molar-refractivity contribution is 6.34. The number of aromatic nitrogens is 1. The van der Waals surface area contributed by atoms with Crippen LogP contribution in [0.3, 0.4) is 0 Å². The molecule has 2 rings (SSSR count). The molecule has 0 saturated carbocycles. The second-order valence-corrected chi connectivity index (χ2v) is 5.28. The Balaban J connectivity index is 2.11. The summed E-state index contributed by atoms with van der Waals surface area (Å²) in [5.41, 5.74) is 4.09. The Morgan fingerprint density at radius 2 is 1.95 bits per heavy atom. The Hall–Kier alpha value is -1.29. The van der Waals surface area contributed by atoms with Crippen LogP contribution in [0.4, 0.5) is 5.69 Å². The van der Waals surface area contributed by atoms with Crippen LogP contribution < -0.4 is 5.32 Å². The second-order valence-electron chi connectivity index (χ2n) is 4.53. The third-order valence-electron chi connectivity index (χ3n) is 2.91. The van der Waals surface area contributed by atoms with Crippen molar-refractivity contribution in [1.82, 2.24) is 4.98 Å². The quantitative estimate of drug-likeness (QED) is 0.828. The minimum atomic E-state index is 0.392. The number of hydrogen-bond acceptors (Lipinski definition) is 3. The molecule has 0 amide bonds. The van der Waals surface area contributed by atoms with Gasteiger partial charge in [-0.15, -0.1) is 0 Å². The number of halogens is 2. The topological polar surface area (TPSA) is 34.1 Å². The molecular formula is C15H16Cl2N2O. The van der Waals surface area contributed by atoms with Crippen molar-refractivity contribution < 1.29 is 4.74 Å². The van der Waals surface area contributed by atoms with Crippen LogP contribution in [0.5, 0.6) is 0 Å². The highest BCUT2D eigenvalue weighted by Crippen LogP contribution is 2.26. The third kappa shape index (κ3) is 3.85. The maximum absolute atomic E-state index is 6.10. The van der Waals surface area contributed by atoms with Crippen molar-refractivity contribution in [3.63, 3.8) is 0 Å². The number of anilines is 1. The fourth-order valence-electron chi connectivity index (χ4n) is 1.99. The van der Waals surface area contributed by atoms with Crippen LogP contribution in [0.1, 0.15) is 16.7 Å². The molecule has 3 nitrogen and oxygen atoms in total. The third-order valence-corrected chi connectivity index (χ3v) is 3.38. The molecule has 5 heteroatoms. The Labute approximate surface area is 128 Å². The number of benzene rings is 1. The molecule has 0 aliphatic rings. The molecule has 1 N–H and O–H groups in total. The Bertz CT molecular complexity index is 579. The predicted molar refractivity (Wildman–Crippen MR) is 83.5 cm³/mol. The van der Waals surface area contributed by atoms with E-state index in [0.717, 1.165) is 22.4 Å². The maximum Gasteiger partial charge on any atom is 0.154 e. The lowest BCUT2D eigenvalue weighted by Crippen LogP contribution is -2.03. The summed E-state index contributed by atoms with van der Waals surface area (Å²) in [6.07, 6.45) is 0. The van der Waals surface area contributed by atoms with Gasteiger partial charge >= 0.3 is 0 Å². The van der Waals surface area contributed by atoms with Crippen molar-refractivity contribution in [2.24, 2.45) is 0 Å². The fourth-order valence-corrected chi connectivity index (χ4v) is 2.59. The maximum atomic E-state index is 6.10. The fraction of sp³-hybridized carbons (Fsp3) is 0.267. The van der Waals surface area contributed by atoms with Crippen molar-refractivity contribution in [1.29, 1.82) is 0 Å². The van der Waals surface area contributed by atoms with Crippen molar-refractivity contribution in [3.8, 4) is 0 Å². The van der Waals surface area contributed by atoms with Gasteiger partial charge in [-0.05, 0) is 29.7 Å². The molecule has 0 saturated heterocycles. The Morgan fingerprint density at radius 3 is 2.65 bits per heavy atom. The molecule has 0 atom stereocenters. The molecule has 1 aromatic heterocycles. The van der Waals surface area contributed by atoms with Gasteiger partial charge in [-0.2, -0.15) is 0 Å². The smallest absolute Gasteiger partial charge is 0.154 e. The summed E-state index contributed by atoms with van der Waals surface area (Å²) in [5, 5.41) is 4.09. The number of pyridine rings is 1. The van der Waals surface area contributed by atoms with E-state index in [-0.39, 0.29) is 0 Å². The molecule has 1 aromatic carbocycles. The summed E-state index contributed by atoms with van der Waals surface area (Å²) < 4.78 is 5.13. The zero-order chi connectivity index (χ0) is 14.5. The lowest BCUT2D eigenvalue weighted by atomic mass is 10.1. The molecule has 0 aliphatic heterocycles. The highest BCUT2D eigenvalue weighted by Gasteiger charge is 2.07. The van der Waals surface area contributed by atoms with Gasteiger partial charge in [-0.3, -0.25) is 0 Å². The summed E-state index contributed by atoms with van der Waals surface area (Å²) in [6, 6.07) is 9.99. The van der Waals surface area contributed by atoms with Crippen molar-refractivity contribution >= 4 is 28.9 Å². The Kier molecular flexibility index (Phi) is 5.24. The molecule has 0 aliphatic carbocycles. The van der Waals surface area contributed by atoms with Crippen LogP contribution in [-0.2, 0) is 17.9 Å². The summed E-state index contributed by atoms with van der Waals surface area (Å²) in [6.45, 7) is 3.22. The van der Waals surface area contributed by atoms with Crippen molar-refractivity contribution in [3.05, 3.63) is 57.3 Å². The van der Waals surface area contributed by atoms with Gasteiger partial charge in [0.1, 0.15) is 5.15 Å². The van der Waals surface area contributed by atoms with E-state index < -0.39 is 0 Å². The van der Waals surface area contributed by atoms with Crippen LogP contribution in [0.2, 0.25) is 10.3 Å². The lowest BCUT2D eigenvalue weighted by Gasteiger charge is -2.12. The minimum Gasteiger partial charge on any atom is -0.380 e. The van der Waals surface area contributed by atoms with Crippen molar-refractivity contribution in [2.45, 2.75) is 20.1 Å². The first kappa shape index (κ1) is 15.1. The first-order valence-corrected chi connectivity index (χ1v) is 6.99. The molecule has 106 valence electrons. The number of aryl methyl sites for hydroxylation is 1. The van der Waals surface area contributed by atoms with Gasteiger partial charge < -0.3 is 10.1 Å². The second kappa shape index (κ2) is 6.93. The van der Waals surface area contributed by atoms with Gasteiger partial charge in [0.2, 0.25) is 0 Å². The summed E-state index contributed by atoms with van der Waals surface area (Å²) >= 11 is 12.0. The van der Waals surface area contributed by atoms with E-state index in [1.165, 1.54) is 0 Å². The van der Waals surface area contributed by atoms with Crippen LogP contribution in [0.25, 0.3) is 0 Å². The minimum absolute atomic E-state index is 0.392. The predicted octanol–water partition coefficient (Wildman–Crippen LogP) is 4.46. The van der Waals surface area contributed by atoms with Crippen LogP contribution in [0.15, 0.2) is 30.3 Å². The van der Waals surface area contributed by atoms with Gasteiger partial charge in [0, 0.05) is 13.7 Å². The average Bonchev–Trinajstić information content (AvgIpc) is 2.38. The number of nitrogens with one attached hydrogen (secondary N) is 1. The number of nitrogens with zero attached hydrogens (tertiary/aromatic N) is 1. The molecule has 2 aromatic rings. The molecule has 0 spiro atoms. The zero-order valence-electron chi connectivity index (χ0n) is 11.4. The summed E-state index contributed by atoms with van der Waals surface area (Å²) in [7, 11) is 1.69. The number of rotatable bonds is 5. The van der Waals surface area contributed by atoms with Crippen LogP contribution >= 0.6 is 23.2 Å². The summed E-state index contributed by atoms with van der Waals surface area (Å²) in [4.78, 5) is 4.04. The monoisotopic (exact) mass is 310 g/mol. The largest absolute Gasteiger partial charge is 0.380 e. The van der Waals surface area contributed by atoms with E-state index >= 15 is 0 Å². The van der Waals surface area contributed by atoms with E-state index in [4.69, 9.17) is 27.9 Å². The normalized spacial score (nSPS) is 10.6. The molecule has 20 heavy (non-hydrogen) atoms.